The van der Waals surface area contributed by atoms with Gasteiger partial charge in [0.2, 0.25) is 0 Å². The molecule has 0 bridgehead atoms. The smallest absolute Gasteiger partial charge is 0.310 e. The maximum Gasteiger partial charge on any atom is 0.310 e. The van der Waals surface area contributed by atoms with Gasteiger partial charge >= 0.3 is 5.92 Å². The minimum absolute atomic E-state index is 0. The quantitative estimate of drug-likeness (QED) is 0.770. The summed E-state index contributed by atoms with van der Waals surface area (Å²) in [6.07, 6.45) is 5.15. The molecule has 0 saturated carbocycles. The highest BCUT2D eigenvalue weighted by atomic mass is 35.5. The van der Waals surface area contributed by atoms with Crippen molar-refractivity contribution >= 4 is 12.4 Å². The van der Waals surface area contributed by atoms with Gasteiger partial charge in [0.05, 0.1) is 11.6 Å². The largest absolute Gasteiger partial charge is 0.486 e. The molecule has 5 heteroatoms. The first-order valence-electron chi connectivity index (χ1n) is 4.42. The van der Waals surface area contributed by atoms with E-state index < -0.39 is 18.6 Å². The molecular formula is C11H10ClF2NO. The molecule has 1 aliphatic heterocycles. The van der Waals surface area contributed by atoms with Gasteiger partial charge in [-0.15, -0.1) is 18.8 Å². The van der Waals surface area contributed by atoms with Crippen LogP contribution in [0.15, 0.2) is 18.2 Å². The van der Waals surface area contributed by atoms with E-state index >= 15 is 0 Å². The van der Waals surface area contributed by atoms with E-state index in [1.807, 2.05) is 0 Å². The molecule has 0 aliphatic carbocycles. The van der Waals surface area contributed by atoms with Crippen molar-refractivity contribution in [2.24, 2.45) is 5.73 Å². The molecule has 2 rings (SSSR count). The highest BCUT2D eigenvalue weighted by Crippen LogP contribution is 2.44. The lowest BCUT2D eigenvalue weighted by Crippen LogP contribution is -2.14. The van der Waals surface area contributed by atoms with E-state index in [0.29, 0.717) is 5.56 Å². The summed E-state index contributed by atoms with van der Waals surface area (Å²) >= 11 is 0. The van der Waals surface area contributed by atoms with Gasteiger partial charge in [-0.3, -0.25) is 0 Å². The lowest BCUT2D eigenvalue weighted by Gasteiger charge is -2.10. The maximum absolute atomic E-state index is 13.3. The van der Waals surface area contributed by atoms with Crippen molar-refractivity contribution in [2.45, 2.75) is 12.0 Å². The summed E-state index contributed by atoms with van der Waals surface area (Å²) in [5, 5.41) is 0. The Morgan fingerprint density at radius 1 is 1.50 bits per heavy atom. The van der Waals surface area contributed by atoms with Crippen LogP contribution in [0.3, 0.4) is 0 Å². The maximum atomic E-state index is 13.3. The number of nitrogens with two attached hydrogens (primary N) is 1. The highest BCUT2D eigenvalue weighted by Gasteiger charge is 2.42. The Balaban J connectivity index is 0.00000128. The number of benzene rings is 1. The van der Waals surface area contributed by atoms with Crippen LogP contribution in [0.5, 0.6) is 5.75 Å². The van der Waals surface area contributed by atoms with Crippen molar-refractivity contribution in [1.29, 1.82) is 0 Å². The molecule has 0 aromatic heterocycles. The van der Waals surface area contributed by atoms with Gasteiger partial charge in [-0.1, -0.05) is 18.1 Å². The first-order valence-corrected chi connectivity index (χ1v) is 4.42. The third kappa shape index (κ3) is 1.84. The minimum atomic E-state index is -2.94. The molecule has 0 radical (unpaired) electrons. The van der Waals surface area contributed by atoms with Gasteiger partial charge < -0.3 is 10.5 Å². The molecule has 1 aromatic carbocycles. The van der Waals surface area contributed by atoms with Gasteiger partial charge in [0, 0.05) is 5.56 Å². The Bertz CT molecular complexity index is 442. The standard InChI is InChI=1S/C11H9F2NO.ClH/c1-2-9(14)7-4-3-5-8-10(7)15-6-11(8,12)13;/h1,3-5,9H,6,14H2;1H/t9-;/m1./s1. The first-order chi connectivity index (χ1) is 7.06. The van der Waals surface area contributed by atoms with Gasteiger partial charge in [0.25, 0.3) is 0 Å². The number of alkyl halides is 2. The molecule has 1 atom stereocenters. The zero-order valence-electron chi connectivity index (χ0n) is 8.24. The summed E-state index contributed by atoms with van der Waals surface area (Å²) < 4.78 is 31.5. The molecule has 0 spiro atoms. The highest BCUT2D eigenvalue weighted by molar-refractivity contribution is 5.85. The normalized spacial score (nSPS) is 17.6. The fourth-order valence-electron chi connectivity index (χ4n) is 1.58. The Kier molecular flexibility index (Phi) is 3.41. The van der Waals surface area contributed by atoms with Crippen molar-refractivity contribution in [3.05, 3.63) is 29.3 Å². The van der Waals surface area contributed by atoms with Crippen LogP contribution in [0, 0.1) is 12.3 Å². The van der Waals surface area contributed by atoms with E-state index in [-0.39, 0.29) is 23.7 Å². The van der Waals surface area contributed by atoms with Crippen molar-refractivity contribution in [1.82, 2.24) is 0 Å². The number of ether oxygens (including phenoxy) is 1. The number of hydrogen-bond donors (Lipinski definition) is 1. The molecule has 0 unspecified atom stereocenters. The second kappa shape index (κ2) is 4.28. The SMILES string of the molecule is C#C[C@@H](N)c1cccc2c1OCC2(F)F.Cl. The molecule has 1 aliphatic rings. The molecule has 0 amide bonds. The van der Waals surface area contributed by atoms with E-state index in [0.717, 1.165) is 0 Å². The average molecular weight is 246 g/mol. The predicted molar refractivity (Wildman–Crippen MR) is 58.8 cm³/mol. The molecule has 86 valence electrons. The number of terminal acetylenes is 1. The van der Waals surface area contributed by atoms with Crippen molar-refractivity contribution in [3.63, 3.8) is 0 Å². The summed E-state index contributed by atoms with van der Waals surface area (Å²) in [4.78, 5) is 0. The van der Waals surface area contributed by atoms with Gasteiger partial charge in [-0.25, -0.2) is 0 Å². The topological polar surface area (TPSA) is 35.2 Å². The van der Waals surface area contributed by atoms with Crippen LogP contribution < -0.4 is 10.5 Å². The third-order valence-corrected chi connectivity index (χ3v) is 2.35. The Labute approximate surface area is 98.2 Å². The fourth-order valence-corrected chi connectivity index (χ4v) is 1.58. The Hall–Kier alpha value is -1.31. The molecule has 16 heavy (non-hydrogen) atoms. The van der Waals surface area contributed by atoms with Gasteiger partial charge in [0.1, 0.15) is 5.75 Å². The lowest BCUT2D eigenvalue weighted by molar-refractivity contribution is -0.0214. The minimum Gasteiger partial charge on any atom is -0.486 e. The fraction of sp³-hybridized carbons (Fsp3) is 0.273. The third-order valence-electron chi connectivity index (χ3n) is 2.35. The zero-order valence-corrected chi connectivity index (χ0v) is 9.06. The van der Waals surface area contributed by atoms with E-state index in [1.165, 1.54) is 12.1 Å². The van der Waals surface area contributed by atoms with Crippen LogP contribution in [0.1, 0.15) is 17.2 Å². The summed E-state index contributed by atoms with van der Waals surface area (Å²) in [5.74, 6) is -0.521. The second-order valence-corrected chi connectivity index (χ2v) is 3.36. The number of fused-ring (bicyclic) bond motifs is 1. The molecule has 0 fully saturated rings. The lowest BCUT2D eigenvalue weighted by atomic mass is 10.0. The van der Waals surface area contributed by atoms with E-state index in [4.69, 9.17) is 16.9 Å². The average Bonchev–Trinajstić information content (AvgIpc) is 2.54. The van der Waals surface area contributed by atoms with Gasteiger partial charge in [-0.2, -0.15) is 8.78 Å². The first kappa shape index (κ1) is 12.8. The predicted octanol–water partition coefficient (Wildman–Crippen LogP) is 2.23. The van der Waals surface area contributed by atoms with Crippen LogP contribution in [-0.2, 0) is 5.92 Å². The molecule has 0 saturated heterocycles. The molecular weight excluding hydrogens is 236 g/mol. The second-order valence-electron chi connectivity index (χ2n) is 3.36. The van der Waals surface area contributed by atoms with Crippen LogP contribution in [0.4, 0.5) is 8.78 Å². The number of para-hydroxylation sites is 1. The van der Waals surface area contributed by atoms with Gasteiger partial charge in [0.15, 0.2) is 6.61 Å². The number of hydrogen-bond acceptors (Lipinski definition) is 2. The van der Waals surface area contributed by atoms with Crippen molar-refractivity contribution in [2.75, 3.05) is 6.61 Å². The van der Waals surface area contributed by atoms with Crippen molar-refractivity contribution in [3.8, 4) is 18.1 Å². The van der Waals surface area contributed by atoms with E-state index in [2.05, 4.69) is 5.92 Å². The molecule has 1 aromatic rings. The van der Waals surface area contributed by atoms with E-state index in [1.54, 1.807) is 6.07 Å². The van der Waals surface area contributed by atoms with Crippen LogP contribution in [-0.4, -0.2) is 6.61 Å². The van der Waals surface area contributed by atoms with Gasteiger partial charge in [-0.05, 0) is 6.07 Å². The summed E-state index contributed by atoms with van der Waals surface area (Å²) in [6.45, 7) is -0.642. The van der Waals surface area contributed by atoms with Crippen molar-refractivity contribution < 1.29 is 13.5 Å². The van der Waals surface area contributed by atoms with Crippen LogP contribution >= 0.6 is 12.4 Å². The Morgan fingerprint density at radius 2 is 2.19 bits per heavy atom. The molecule has 2 nitrogen and oxygen atoms in total. The number of halogens is 3. The summed E-state index contributed by atoms with van der Waals surface area (Å²) in [6, 6.07) is 3.72. The van der Waals surface area contributed by atoms with E-state index in [9.17, 15) is 8.78 Å². The molecule has 2 N–H and O–H groups in total. The van der Waals surface area contributed by atoms with Crippen LogP contribution in [0.25, 0.3) is 0 Å². The summed E-state index contributed by atoms with van der Waals surface area (Å²) in [7, 11) is 0. The molecule has 1 heterocycles. The number of rotatable bonds is 1. The monoisotopic (exact) mass is 245 g/mol. The van der Waals surface area contributed by atoms with Crippen LogP contribution in [0.2, 0.25) is 0 Å². The Morgan fingerprint density at radius 3 is 2.81 bits per heavy atom. The summed E-state index contributed by atoms with van der Waals surface area (Å²) in [5.41, 5.74) is 5.90. The zero-order chi connectivity index (χ0) is 11.1.